The molecule has 0 spiro atoms. The molecular weight excluding hydrogens is 390 g/mol. The van der Waals surface area contributed by atoms with Gasteiger partial charge in [0.25, 0.3) is 0 Å². The second kappa shape index (κ2) is 9.38. The van der Waals surface area contributed by atoms with E-state index < -0.39 is 5.41 Å². The van der Waals surface area contributed by atoms with E-state index in [2.05, 4.69) is 71.2 Å². The molecule has 168 valence electrons. The Hall–Kier alpha value is -1.42. The number of hydrogen-bond donors (Lipinski definition) is 0. The van der Waals surface area contributed by atoms with E-state index >= 15 is 0 Å². The third kappa shape index (κ3) is 5.63. The molecule has 0 aliphatic heterocycles. The molecule has 0 aliphatic carbocycles. The fourth-order valence-electron chi connectivity index (χ4n) is 3.76. The van der Waals surface area contributed by atoms with Crippen LogP contribution in [0.25, 0.3) is 10.9 Å². The monoisotopic (exact) mass is 431 g/mol. The van der Waals surface area contributed by atoms with Crippen LogP contribution in [0.5, 0.6) is 0 Å². The van der Waals surface area contributed by atoms with Gasteiger partial charge in [-0.1, -0.05) is 67.0 Å². The lowest BCUT2D eigenvalue weighted by Gasteiger charge is -2.26. The zero-order valence-corrected chi connectivity index (χ0v) is 21.5. The highest BCUT2D eigenvalue weighted by molar-refractivity contribution is 8.00. The van der Waals surface area contributed by atoms with Crippen molar-refractivity contribution in [1.29, 1.82) is 0 Å². The van der Waals surface area contributed by atoms with Gasteiger partial charge in [0, 0.05) is 39.2 Å². The molecular formula is C26H41NO2S. The first-order valence-electron chi connectivity index (χ1n) is 11.2. The number of rotatable bonds is 8. The van der Waals surface area contributed by atoms with Crippen molar-refractivity contribution in [2.24, 2.45) is 11.3 Å². The van der Waals surface area contributed by atoms with Crippen molar-refractivity contribution in [1.82, 2.24) is 4.57 Å². The summed E-state index contributed by atoms with van der Waals surface area (Å²) < 4.78 is 7.71. The van der Waals surface area contributed by atoms with Gasteiger partial charge in [0.1, 0.15) is 0 Å². The summed E-state index contributed by atoms with van der Waals surface area (Å²) >= 11 is 1.91. The molecule has 1 aromatic carbocycles. The standard InChI is InChI=1S/C26H41NO2S/c1-11-18(4)16-27-21-14-19(17(2)3)12-13-20(21)23(30-25(5,6)7)22(27)15-26(8,9)24(28)29-10/h12-14,17-18H,11,15-16H2,1-10H3. The summed E-state index contributed by atoms with van der Waals surface area (Å²) in [6.45, 7) is 20.8. The van der Waals surface area contributed by atoms with Gasteiger partial charge < -0.3 is 9.30 Å². The SMILES string of the molecule is CCC(C)Cn1c(CC(C)(C)C(=O)OC)c(SC(C)(C)C)c2ccc(C(C)C)cc21. The van der Waals surface area contributed by atoms with Crippen LogP contribution in [-0.4, -0.2) is 22.4 Å². The number of aromatic nitrogens is 1. The minimum absolute atomic E-state index is 0.0797. The topological polar surface area (TPSA) is 31.2 Å². The number of methoxy groups -OCH3 is 1. The Bertz CT molecular complexity index is 887. The van der Waals surface area contributed by atoms with E-state index in [-0.39, 0.29) is 10.7 Å². The molecule has 0 N–H and O–H groups in total. The maximum Gasteiger partial charge on any atom is 0.311 e. The number of esters is 1. The first-order valence-corrected chi connectivity index (χ1v) is 12.0. The summed E-state index contributed by atoms with van der Waals surface area (Å²) in [6, 6.07) is 6.92. The van der Waals surface area contributed by atoms with Crippen molar-refractivity contribution in [3.8, 4) is 0 Å². The van der Waals surface area contributed by atoms with Crippen molar-refractivity contribution in [2.45, 2.75) is 97.3 Å². The Balaban J connectivity index is 2.81. The fraction of sp³-hybridized carbons (Fsp3) is 0.654. The molecule has 0 amide bonds. The average Bonchev–Trinajstić information content (AvgIpc) is 2.91. The number of hydrogen-bond acceptors (Lipinski definition) is 3. The number of nitrogens with zero attached hydrogens (tertiary/aromatic N) is 1. The lowest BCUT2D eigenvalue weighted by molar-refractivity contribution is -0.150. The number of ether oxygens (including phenoxy) is 1. The molecule has 1 unspecified atom stereocenters. The zero-order valence-electron chi connectivity index (χ0n) is 20.7. The quantitative estimate of drug-likeness (QED) is 0.321. The van der Waals surface area contributed by atoms with E-state index in [4.69, 9.17) is 4.74 Å². The zero-order chi connectivity index (χ0) is 22.9. The lowest BCUT2D eigenvalue weighted by Crippen LogP contribution is -2.29. The van der Waals surface area contributed by atoms with Crippen LogP contribution in [0.2, 0.25) is 0 Å². The van der Waals surface area contributed by atoms with E-state index in [1.807, 2.05) is 25.6 Å². The van der Waals surface area contributed by atoms with Gasteiger partial charge in [0.2, 0.25) is 0 Å². The molecule has 0 radical (unpaired) electrons. The van der Waals surface area contributed by atoms with Crippen molar-refractivity contribution >= 4 is 28.6 Å². The second-order valence-electron chi connectivity index (χ2n) is 10.6. The van der Waals surface area contributed by atoms with E-state index in [1.165, 1.54) is 34.2 Å². The predicted molar refractivity (Wildman–Crippen MR) is 131 cm³/mol. The number of benzene rings is 1. The van der Waals surface area contributed by atoms with Gasteiger partial charge in [-0.3, -0.25) is 4.79 Å². The van der Waals surface area contributed by atoms with Gasteiger partial charge in [-0.15, -0.1) is 11.8 Å². The molecule has 1 aromatic heterocycles. The van der Waals surface area contributed by atoms with E-state index in [1.54, 1.807) is 0 Å². The highest BCUT2D eigenvalue weighted by atomic mass is 32.2. The van der Waals surface area contributed by atoms with Gasteiger partial charge in [-0.2, -0.15) is 0 Å². The molecule has 4 heteroatoms. The van der Waals surface area contributed by atoms with Crippen molar-refractivity contribution in [2.75, 3.05) is 7.11 Å². The molecule has 2 aromatic rings. The molecule has 0 aliphatic rings. The molecule has 3 nitrogen and oxygen atoms in total. The molecule has 1 atom stereocenters. The van der Waals surface area contributed by atoms with Crippen LogP contribution in [-0.2, 0) is 22.5 Å². The maximum atomic E-state index is 12.5. The Kier molecular flexibility index (Phi) is 7.77. The van der Waals surface area contributed by atoms with Crippen LogP contribution in [0.3, 0.4) is 0 Å². The Morgan fingerprint density at radius 3 is 2.27 bits per heavy atom. The first-order chi connectivity index (χ1) is 13.8. The van der Waals surface area contributed by atoms with Crippen LogP contribution in [0.1, 0.15) is 85.9 Å². The van der Waals surface area contributed by atoms with Gasteiger partial charge in [-0.05, 0) is 37.3 Å². The van der Waals surface area contributed by atoms with Crippen molar-refractivity contribution < 1.29 is 9.53 Å². The van der Waals surface area contributed by atoms with Crippen molar-refractivity contribution in [3.63, 3.8) is 0 Å². The Morgan fingerprint density at radius 1 is 1.13 bits per heavy atom. The largest absolute Gasteiger partial charge is 0.469 e. The third-order valence-electron chi connectivity index (χ3n) is 5.76. The van der Waals surface area contributed by atoms with Crippen LogP contribution in [0.15, 0.2) is 23.1 Å². The summed E-state index contributed by atoms with van der Waals surface area (Å²) in [5.74, 6) is 0.892. The molecule has 2 rings (SSSR count). The number of carbonyl (C=O) groups excluding carboxylic acids is 1. The minimum atomic E-state index is -0.579. The van der Waals surface area contributed by atoms with Crippen LogP contribution < -0.4 is 0 Å². The first kappa shape index (κ1) is 24.8. The summed E-state index contributed by atoms with van der Waals surface area (Å²) in [6.07, 6.45) is 1.80. The molecule has 0 fully saturated rings. The number of thioether (sulfide) groups is 1. The van der Waals surface area contributed by atoms with E-state index in [0.717, 1.165) is 13.0 Å². The Morgan fingerprint density at radius 2 is 1.77 bits per heavy atom. The highest BCUT2D eigenvalue weighted by Gasteiger charge is 2.33. The predicted octanol–water partition coefficient (Wildman–Crippen LogP) is 7.44. The second-order valence-corrected chi connectivity index (χ2v) is 12.4. The van der Waals surface area contributed by atoms with Crippen LogP contribution in [0.4, 0.5) is 0 Å². The fourth-order valence-corrected chi connectivity index (χ4v) is 4.95. The number of fused-ring (bicyclic) bond motifs is 1. The molecule has 1 heterocycles. The average molecular weight is 432 g/mol. The molecule has 30 heavy (non-hydrogen) atoms. The summed E-state index contributed by atoms with van der Waals surface area (Å²) in [4.78, 5) is 13.9. The highest BCUT2D eigenvalue weighted by Crippen LogP contribution is 2.44. The lowest BCUT2D eigenvalue weighted by atomic mass is 9.87. The van der Waals surface area contributed by atoms with E-state index in [0.29, 0.717) is 18.3 Å². The molecule has 0 bridgehead atoms. The molecule has 0 saturated carbocycles. The van der Waals surface area contributed by atoms with Gasteiger partial charge in [0.05, 0.1) is 12.5 Å². The van der Waals surface area contributed by atoms with Crippen LogP contribution in [0, 0.1) is 11.3 Å². The summed E-state index contributed by atoms with van der Waals surface area (Å²) in [5.41, 5.74) is 3.34. The van der Waals surface area contributed by atoms with Gasteiger partial charge >= 0.3 is 5.97 Å². The maximum absolute atomic E-state index is 12.5. The Labute approximate surface area is 187 Å². The molecule has 0 saturated heterocycles. The summed E-state index contributed by atoms with van der Waals surface area (Å²) in [7, 11) is 1.48. The summed E-state index contributed by atoms with van der Waals surface area (Å²) in [5, 5.41) is 1.30. The van der Waals surface area contributed by atoms with Crippen molar-refractivity contribution in [3.05, 3.63) is 29.5 Å². The van der Waals surface area contributed by atoms with Gasteiger partial charge in [0.15, 0.2) is 0 Å². The smallest absolute Gasteiger partial charge is 0.311 e. The normalized spacial score (nSPS) is 13.8. The third-order valence-corrected chi connectivity index (χ3v) is 7.03. The minimum Gasteiger partial charge on any atom is -0.469 e. The van der Waals surface area contributed by atoms with Crippen LogP contribution >= 0.6 is 11.8 Å². The van der Waals surface area contributed by atoms with E-state index in [9.17, 15) is 4.79 Å². The van der Waals surface area contributed by atoms with Gasteiger partial charge in [-0.25, -0.2) is 0 Å². The number of carbonyl (C=O) groups is 1.